The van der Waals surface area contributed by atoms with E-state index in [0.717, 1.165) is 4.68 Å². The van der Waals surface area contributed by atoms with Crippen LogP contribution in [0.3, 0.4) is 0 Å². The van der Waals surface area contributed by atoms with Crippen LogP contribution < -0.4 is 4.74 Å². The summed E-state index contributed by atoms with van der Waals surface area (Å²) in [6, 6.07) is 6.38. The van der Waals surface area contributed by atoms with E-state index in [0.29, 0.717) is 11.3 Å². The Morgan fingerprint density at radius 2 is 1.85 bits per heavy atom. The molecule has 104 valence electrons. The highest BCUT2D eigenvalue weighted by Crippen LogP contribution is 2.22. The summed E-state index contributed by atoms with van der Waals surface area (Å²) in [5.74, 6) is -1.85. The van der Waals surface area contributed by atoms with Crippen molar-refractivity contribution >= 4 is 11.9 Å². The molecule has 0 saturated heterocycles. The molecule has 0 bridgehead atoms. The largest absolute Gasteiger partial charge is 0.497 e. The van der Waals surface area contributed by atoms with Crippen molar-refractivity contribution in [3.05, 3.63) is 47.8 Å². The molecule has 0 spiro atoms. The van der Waals surface area contributed by atoms with Gasteiger partial charge in [0.1, 0.15) is 11.4 Å². The van der Waals surface area contributed by atoms with Crippen molar-refractivity contribution in [3.63, 3.8) is 0 Å². The third-order valence-corrected chi connectivity index (χ3v) is 2.80. The first-order chi connectivity index (χ1) is 9.54. The minimum Gasteiger partial charge on any atom is -0.497 e. The first-order valence-corrected chi connectivity index (χ1v) is 5.68. The van der Waals surface area contributed by atoms with Crippen LogP contribution in [0.2, 0.25) is 0 Å². The van der Waals surface area contributed by atoms with Crippen molar-refractivity contribution in [2.45, 2.75) is 6.04 Å². The highest BCUT2D eigenvalue weighted by atomic mass is 16.5. The summed E-state index contributed by atoms with van der Waals surface area (Å²) >= 11 is 0. The molecule has 0 radical (unpaired) electrons. The monoisotopic (exact) mass is 276 g/mol. The molecule has 1 aromatic heterocycles. The number of methoxy groups -OCH3 is 1. The maximum Gasteiger partial charge on any atom is 0.354 e. The van der Waals surface area contributed by atoms with Crippen LogP contribution in [-0.2, 0) is 4.79 Å². The van der Waals surface area contributed by atoms with Gasteiger partial charge >= 0.3 is 11.9 Å². The van der Waals surface area contributed by atoms with Gasteiger partial charge in [-0.2, -0.15) is 5.10 Å². The number of hydrogen-bond donors (Lipinski definition) is 2. The SMILES string of the molecule is COc1ccc(C(C(=O)O)n2nccc2C(=O)O)cc1. The van der Waals surface area contributed by atoms with E-state index in [9.17, 15) is 14.7 Å². The van der Waals surface area contributed by atoms with E-state index in [1.165, 1.54) is 19.4 Å². The Morgan fingerprint density at radius 3 is 2.35 bits per heavy atom. The van der Waals surface area contributed by atoms with Crippen LogP contribution in [0.5, 0.6) is 5.75 Å². The zero-order valence-corrected chi connectivity index (χ0v) is 10.6. The first-order valence-electron chi connectivity index (χ1n) is 5.68. The lowest BCUT2D eigenvalue weighted by Crippen LogP contribution is -2.24. The number of aromatic nitrogens is 2. The highest BCUT2D eigenvalue weighted by Gasteiger charge is 2.26. The Bertz CT molecular complexity index is 632. The minimum atomic E-state index is -1.23. The third-order valence-electron chi connectivity index (χ3n) is 2.80. The molecule has 1 atom stereocenters. The zero-order chi connectivity index (χ0) is 14.7. The number of carboxylic acid groups (broad SMARTS) is 2. The van der Waals surface area contributed by atoms with E-state index in [1.54, 1.807) is 24.3 Å². The second kappa shape index (κ2) is 5.43. The van der Waals surface area contributed by atoms with Crippen LogP contribution in [0, 0.1) is 0 Å². The molecule has 7 heteroatoms. The van der Waals surface area contributed by atoms with Crippen LogP contribution >= 0.6 is 0 Å². The number of carboxylic acids is 2. The highest BCUT2D eigenvalue weighted by molar-refractivity contribution is 5.87. The fourth-order valence-corrected chi connectivity index (χ4v) is 1.86. The van der Waals surface area contributed by atoms with Crippen LogP contribution in [-0.4, -0.2) is 39.0 Å². The van der Waals surface area contributed by atoms with Crippen molar-refractivity contribution in [3.8, 4) is 5.75 Å². The number of carbonyl (C=O) groups is 2. The summed E-state index contributed by atoms with van der Waals surface area (Å²) in [7, 11) is 1.50. The minimum absolute atomic E-state index is 0.187. The summed E-state index contributed by atoms with van der Waals surface area (Å²) in [5.41, 5.74) is 0.220. The normalized spacial score (nSPS) is 11.8. The van der Waals surface area contributed by atoms with E-state index in [4.69, 9.17) is 9.84 Å². The van der Waals surface area contributed by atoms with Gasteiger partial charge in [0.15, 0.2) is 6.04 Å². The van der Waals surface area contributed by atoms with Gasteiger partial charge in [-0.25, -0.2) is 14.3 Å². The fraction of sp³-hybridized carbons (Fsp3) is 0.154. The zero-order valence-electron chi connectivity index (χ0n) is 10.6. The fourth-order valence-electron chi connectivity index (χ4n) is 1.86. The summed E-state index contributed by atoms with van der Waals surface area (Å²) < 4.78 is 5.96. The molecular weight excluding hydrogens is 264 g/mol. The van der Waals surface area contributed by atoms with E-state index in [-0.39, 0.29) is 5.69 Å². The Balaban J connectivity index is 2.47. The van der Waals surface area contributed by atoms with Gasteiger partial charge in [0.25, 0.3) is 0 Å². The van der Waals surface area contributed by atoms with Crippen LogP contribution in [0.4, 0.5) is 0 Å². The lowest BCUT2D eigenvalue weighted by Gasteiger charge is -2.15. The average molecular weight is 276 g/mol. The van der Waals surface area contributed by atoms with Crippen molar-refractivity contribution in [1.29, 1.82) is 0 Å². The number of hydrogen-bond acceptors (Lipinski definition) is 4. The maximum absolute atomic E-state index is 11.4. The van der Waals surface area contributed by atoms with Gasteiger partial charge in [0.2, 0.25) is 0 Å². The molecule has 1 unspecified atom stereocenters. The second-order valence-corrected chi connectivity index (χ2v) is 3.98. The molecule has 2 aromatic rings. The molecule has 7 nitrogen and oxygen atoms in total. The summed E-state index contributed by atoms with van der Waals surface area (Å²) in [6.45, 7) is 0. The molecule has 0 saturated carbocycles. The number of nitrogens with zero attached hydrogens (tertiary/aromatic N) is 2. The van der Waals surface area contributed by atoms with Crippen molar-refractivity contribution in [2.24, 2.45) is 0 Å². The molecular formula is C13H12N2O5. The molecule has 0 amide bonds. The van der Waals surface area contributed by atoms with Crippen molar-refractivity contribution in [2.75, 3.05) is 7.11 Å². The van der Waals surface area contributed by atoms with Crippen molar-refractivity contribution < 1.29 is 24.5 Å². The lowest BCUT2D eigenvalue weighted by molar-refractivity contribution is -0.139. The molecule has 0 aliphatic rings. The van der Waals surface area contributed by atoms with Gasteiger partial charge in [-0.3, -0.25) is 0 Å². The smallest absolute Gasteiger partial charge is 0.354 e. The summed E-state index contributed by atoms with van der Waals surface area (Å²) in [4.78, 5) is 22.5. The number of aromatic carboxylic acids is 1. The van der Waals surface area contributed by atoms with Gasteiger partial charge < -0.3 is 14.9 Å². The Labute approximate surface area is 114 Å². The Morgan fingerprint density at radius 1 is 1.20 bits per heavy atom. The van der Waals surface area contributed by atoms with Gasteiger partial charge in [0, 0.05) is 6.20 Å². The van der Waals surface area contributed by atoms with E-state index in [2.05, 4.69) is 5.10 Å². The molecule has 0 fully saturated rings. The number of rotatable bonds is 5. The summed E-state index contributed by atoms with van der Waals surface area (Å²) in [6.07, 6.45) is 1.25. The molecule has 20 heavy (non-hydrogen) atoms. The number of aliphatic carboxylic acids is 1. The predicted octanol–water partition coefficient (Wildman–Crippen LogP) is 1.26. The molecule has 0 aliphatic heterocycles. The average Bonchev–Trinajstić information content (AvgIpc) is 2.88. The summed E-state index contributed by atoms with van der Waals surface area (Å²) in [5, 5.41) is 22.2. The van der Waals surface area contributed by atoms with Gasteiger partial charge in [-0.15, -0.1) is 0 Å². The second-order valence-electron chi connectivity index (χ2n) is 3.98. The van der Waals surface area contributed by atoms with Gasteiger partial charge in [-0.05, 0) is 23.8 Å². The van der Waals surface area contributed by atoms with Crippen LogP contribution in [0.25, 0.3) is 0 Å². The molecule has 1 heterocycles. The van der Waals surface area contributed by atoms with Crippen LogP contribution in [0.15, 0.2) is 36.5 Å². The van der Waals surface area contributed by atoms with E-state index >= 15 is 0 Å². The molecule has 1 aromatic carbocycles. The molecule has 2 rings (SSSR count). The maximum atomic E-state index is 11.4. The van der Waals surface area contributed by atoms with Crippen LogP contribution in [0.1, 0.15) is 22.1 Å². The number of benzene rings is 1. The van der Waals surface area contributed by atoms with E-state index in [1.807, 2.05) is 0 Å². The quantitative estimate of drug-likeness (QED) is 0.852. The predicted molar refractivity (Wildman–Crippen MR) is 68.0 cm³/mol. The van der Waals surface area contributed by atoms with E-state index < -0.39 is 18.0 Å². The van der Waals surface area contributed by atoms with Crippen molar-refractivity contribution in [1.82, 2.24) is 9.78 Å². The Hall–Kier alpha value is -2.83. The standard InChI is InChI=1S/C13H12N2O5/c1-20-9-4-2-8(3-5-9)11(13(18)19)15-10(12(16)17)6-7-14-15/h2-7,11H,1H3,(H,16,17)(H,18,19). The topological polar surface area (TPSA) is 102 Å². The van der Waals surface area contributed by atoms with Gasteiger partial charge in [0.05, 0.1) is 7.11 Å². The Kier molecular flexibility index (Phi) is 3.69. The number of ether oxygens (including phenoxy) is 1. The first kappa shape index (κ1) is 13.6. The van der Waals surface area contributed by atoms with Gasteiger partial charge in [-0.1, -0.05) is 12.1 Å². The lowest BCUT2D eigenvalue weighted by atomic mass is 10.1. The molecule has 0 aliphatic carbocycles. The third kappa shape index (κ3) is 2.46. The molecule has 2 N–H and O–H groups in total.